The highest BCUT2D eigenvalue weighted by Crippen LogP contribution is 2.34. The molecule has 0 saturated carbocycles. The van der Waals surface area contributed by atoms with Gasteiger partial charge in [0.05, 0.1) is 20.5 Å². The smallest absolute Gasteiger partial charge is 0.146 e. The molecule has 0 saturated heterocycles. The van der Waals surface area contributed by atoms with Crippen LogP contribution < -0.4 is 18.1 Å². The van der Waals surface area contributed by atoms with Crippen LogP contribution in [0.15, 0.2) is 60.7 Å². The molecule has 0 radical (unpaired) electrons. The van der Waals surface area contributed by atoms with E-state index in [2.05, 4.69) is 0 Å². The second kappa shape index (κ2) is 11.4. The minimum Gasteiger partial charge on any atom is -0.298 e. The topological polar surface area (TPSA) is 143 Å². The van der Waals surface area contributed by atoms with Crippen LogP contribution in [-0.4, -0.2) is 11.4 Å². The summed E-state index contributed by atoms with van der Waals surface area (Å²) < 4.78 is 3.12. The van der Waals surface area contributed by atoms with Gasteiger partial charge in [0.2, 0.25) is 0 Å². The number of rotatable bonds is 4. The Labute approximate surface area is 244 Å². The lowest BCUT2D eigenvalue weighted by Gasteiger charge is -2.15. The predicted molar refractivity (Wildman–Crippen MR) is 164 cm³/mol. The van der Waals surface area contributed by atoms with Crippen LogP contribution in [0.25, 0.3) is 34.4 Å². The van der Waals surface area contributed by atoms with Gasteiger partial charge in [0.15, 0.2) is 0 Å². The molecular weight excluding hydrogens is 573 g/mol. The van der Waals surface area contributed by atoms with Crippen LogP contribution in [0.4, 0.5) is 0 Å². The Morgan fingerprint density at radius 1 is 0.550 bits per heavy atom. The maximum absolute atomic E-state index is 9.08. The first-order valence-electron chi connectivity index (χ1n) is 11.5. The third kappa shape index (κ3) is 5.30. The summed E-state index contributed by atoms with van der Waals surface area (Å²) in [5.74, 6) is 0. The molecule has 2 N–H and O–H groups in total. The van der Waals surface area contributed by atoms with Gasteiger partial charge in [-0.25, -0.2) is 0 Å². The number of allylic oxidation sites excluding steroid dienone is 4. The molecule has 188 valence electrons. The molecule has 0 aromatic carbocycles. The van der Waals surface area contributed by atoms with Gasteiger partial charge in [-0.1, -0.05) is 12.2 Å². The van der Waals surface area contributed by atoms with E-state index < -0.39 is 0 Å². The third-order valence-electron chi connectivity index (χ3n) is 5.75. The first-order valence-corrected chi connectivity index (χ1v) is 14.8. The summed E-state index contributed by atoms with van der Waals surface area (Å²) >= 11 is 5.78. The average Bonchev–Trinajstić information content (AvgIpc) is 3.77. The molecular formula is C30H14N6S4. The van der Waals surface area contributed by atoms with Crippen molar-refractivity contribution in [3.05, 3.63) is 98.3 Å². The summed E-state index contributed by atoms with van der Waals surface area (Å²) in [6.07, 6.45) is 7.72. The molecule has 4 aromatic heterocycles. The summed E-state index contributed by atoms with van der Waals surface area (Å²) in [4.78, 5) is 3.71. The Bertz CT molecular complexity index is 2010. The maximum Gasteiger partial charge on any atom is 0.146 e. The standard InChI is InChI=1S/C30H14N6S4/c31-13-17(14-32)25-7-1-19(37-25)11-21-3-9-27(39-21)23-5-6-24(30(36)29(23)35)28-10-4-22(40-28)12-20-2-8-26(38-20)18(15-33)16-34/h1-12,35-36H/b19-11-,20-12-,35-29?,36-30?. The van der Waals surface area contributed by atoms with Crippen LogP contribution in [0.5, 0.6) is 0 Å². The van der Waals surface area contributed by atoms with Crippen molar-refractivity contribution in [2.24, 2.45) is 0 Å². The van der Waals surface area contributed by atoms with Gasteiger partial charge in [-0.05, 0) is 60.7 Å². The monoisotopic (exact) mass is 586 g/mol. The average molecular weight is 587 g/mol. The van der Waals surface area contributed by atoms with E-state index in [0.717, 1.165) is 28.6 Å². The molecule has 0 aliphatic heterocycles. The van der Waals surface area contributed by atoms with Crippen molar-refractivity contribution >= 4 is 91.2 Å². The normalized spacial score (nSPS) is 13.6. The molecule has 40 heavy (non-hydrogen) atoms. The summed E-state index contributed by atoms with van der Waals surface area (Å²) in [7, 11) is 0. The fourth-order valence-electron chi connectivity index (χ4n) is 3.84. The van der Waals surface area contributed by atoms with Gasteiger partial charge in [0.1, 0.15) is 35.4 Å². The third-order valence-corrected chi connectivity index (χ3v) is 9.98. The van der Waals surface area contributed by atoms with E-state index in [9.17, 15) is 0 Å². The summed E-state index contributed by atoms with van der Waals surface area (Å²) in [5, 5.41) is 53.7. The molecule has 10 heteroatoms. The fourth-order valence-corrected chi connectivity index (χ4v) is 7.79. The lowest BCUT2D eigenvalue weighted by Crippen LogP contribution is -2.17. The van der Waals surface area contributed by atoms with E-state index in [0.29, 0.717) is 20.2 Å². The Morgan fingerprint density at radius 3 is 1.32 bits per heavy atom. The summed E-state index contributed by atoms with van der Waals surface area (Å²) in [5.41, 5.74) is 1.88. The molecule has 0 bridgehead atoms. The molecule has 1 aliphatic rings. The summed E-state index contributed by atoms with van der Waals surface area (Å²) in [6.45, 7) is 0. The highest BCUT2D eigenvalue weighted by molar-refractivity contribution is 7.16. The van der Waals surface area contributed by atoms with Crippen LogP contribution in [0.2, 0.25) is 0 Å². The SMILES string of the molecule is N#CC(C#N)=c1cc/c(=C/c2ccc(C3=CC=C(c4ccc(/C=c5/ccc(=C(C#N)C#N)s5)s4)C(=N)C3=N)s2)s1. The molecule has 0 atom stereocenters. The first-order chi connectivity index (χ1) is 19.4. The number of nitrogens with zero attached hydrogens (tertiary/aromatic N) is 4. The zero-order valence-corrected chi connectivity index (χ0v) is 23.6. The van der Waals surface area contributed by atoms with E-state index in [1.807, 2.05) is 85.0 Å². The highest BCUT2D eigenvalue weighted by Gasteiger charge is 2.23. The molecule has 6 nitrogen and oxygen atoms in total. The van der Waals surface area contributed by atoms with Crippen molar-refractivity contribution in [3.63, 3.8) is 0 Å². The van der Waals surface area contributed by atoms with Crippen molar-refractivity contribution < 1.29 is 0 Å². The van der Waals surface area contributed by atoms with Gasteiger partial charge < -0.3 is 0 Å². The Balaban J connectivity index is 1.42. The van der Waals surface area contributed by atoms with Crippen molar-refractivity contribution in [2.75, 3.05) is 0 Å². The number of thiophene rings is 4. The molecule has 4 aromatic rings. The fraction of sp³-hybridized carbons (Fsp3) is 0. The second-order valence-electron chi connectivity index (χ2n) is 8.20. The van der Waals surface area contributed by atoms with Crippen LogP contribution >= 0.6 is 45.3 Å². The molecule has 0 unspecified atom stereocenters. The van der Waals surface area contributed by atoms with Crippen LogP contribution in [0.1, 0.15) is 19.5 Å². The van der Waals surface area contributed by atoms with Gasteiger partial charge >= 0.3 is 0 Å². The van der Waals surface area contributed by atoms with Crippen molar-refractivity contribution in [2.45, 2.75) is 0 Å². The van der Waals surface area contributed by atoms with E-state index >= 15 is 0 Å². The summed E-state index contributed by atoms with van der Waals surface area (Å²) in [6, 6.07) is 22.7. The largest absolute Gasteiger partial charge is 0.298 e. The minimum atomic E-state index is 0.0956. The molecule has 0 spiro atoms. The van der Waals surface area contributed by atoms with Crippen LogP contribution in [-0.2, 0) is 0 Å². The van der Waals surface area contributed by atoms with Gasteiger partial charge in [-0.3, -0.25) is 10.8 Å². The zero-order chi connectivity index (χ0) is 28.2. The Hall–Kier alpha value is -4.94. The predicted octanol–water partition coefficient (Wildman–Crippen LogP) is 4.51. The van der Waals surface area contributed by atoms with Crippen LogP contribution in [0.3, 0.4) is 0 Å². The zero-order valence-electron chi connectivity index (χ0n) is 20.4. The highest BCUT2D eigenvalue weighted by atomic mass is 32.1. The van der Waals surface area contributed by atoms with Crippen molar-refractivity contribution in [1.29, 1.82) is 31.9 Å². The lowest BCUT2D eigenvalue weighted by molar-refractivity contribution is 1.49. The van der Waals surface area contributed by atoms with Crippen molar-refractivity contribution in [3.8, 4) is 24.3 Å². The molecule has 0 amide bonds. The van der Waals surface area contributed by atoms with E-state index in [-0.39, 0.29) is 22.6 Å². The Morgan fingerprint density at radius 2 is 0.950 bits per heavy atom. The maximum atomic E-state index is 9.08. The molecule has 1 aliphatic carbocycles. The van der Waals surface area contributed by atoms with E-state index in [1.54, 1.807) is 12.1 Å². The van der Waals surface area contributed by atoms with E-state index in [1.165, 1.54) is 45.3 Å². The van der Waals surface area contributed by atoms with Gasteiger partial charge in [0, 0.05) is 39.7 Å². The quantitative estimate of drug-likeness (QED) is 0.339. The first kappa shape index (κ1) is 26.7. The lowest BCUT2D eigenvalue weighted by atomic mass is 9.92. The number of nitrogens with one attached hydrogen (secondary N) is 2. The van der Waals surface area contributed by atoms with Gasteiger partial charge in [-0.15, -0.1) is 45.3 Å². The van der Waals surface area contributed by atoms with Crippen LogP contribution in [0, 0.1) is 56.1 Å². The second-order valence-corrected chi connectivity index (χ2v) is 12.7. The van der Waals surface area contributed by atoms with Gasteiger partial charge in [0.25, 0.3) is 0 Å². The number of hydrogen-bond donors (Lipinski definition) is 2. The molecule has 4 heterocycles. The molecule has 5 rings (SSSR count). The van der Waals surface area contributed by atoms with Crippen molar-refractivity contribution in [1.82, 2.24) is 0 Å². The molecule has 0 fully saturated rings. The number of hydrogen-bond acceptors (Lipinski definition) is 10. The number of nitriles is 4. The van der Waals surface area contributed by atoms with Gasteiger partial charge in [-0.2, -0.15) is 21.0 Å². The van der Waals surface area contributed by atoms with E-state index in [4.69, 9.17) is 31.9 Å². The minimum absolute atomic E-state index is 0.0956. The Kier molecular flexibility index (Phi) is 7.62.